The summed E-state index contributed by atoms with van der Waals surface area (Å²) in [7, 11) is 0. The Bertz CT molecular complexity index is 2400. The summed E-state index contributed by atoms with van der Waals surface area (Å²) in [6, 6.07) is 46.1. The lowest BCUT2D eigenvalue weighted by Crippen LogP contribution is -2.01. The molecule has 252 valence electrons. The second-order valence-corrected chi connectivity index (χ2v) is 12.4. The Hall–Kier alpha value is -7.12. The molecule has 0 saturated carbocycles. The molecule has 0 aliphatic heterocycles. The molecule has 0 fully saturated rings. The molecule has 2 heterocycles. The first-order chi connectivity index (χ1) is 25.4. The number of nitrogens with one attached hydrogen (secondary N) is 2. The number of hydrogen-bond acceptors (Lipinski definition) is 5. The molecule has 0 bridgehead atoms. The number of aromatic nitrogens is 4. The molecular formula is C45H35N5O2. The normalized spacial score (nSPS) is 11.2. The van der Waals surface area contributed by atoms with Crippen LogP contribution in [-0.2, 0) is 0 Å². The number of fused-ring (bicyclic) bond motifs is 2. The summed E-state index contributed by atoms with van der Waals surface area (Å²) in [5.41, 5.74) is 15.6. The van der Waals surface area contributed by atoms with E-state index >= 15 is 0 Å². The van der Waals surface area contributed by atoms with Crippen molar-refractivity contribution in [2.75, 3.05) is 5.73 Å². The molecule has 0 saturated heterocycles. The molecule has 0 aliphatic carbocycles. The minimum atomic E-state index is -0.0600. The van der Waals surface area contributed by atoms with E-state index in [1.165, 1.54) is 0 Å². The zero-order valence-electron chi connectivity index (χ0n) is 28.5. The lowest BCUT2D eigenvalue weighted by atomic mass is 10.0. The highest BCUT2D eigenvalue weighted by Crippen LogP contribution is 2.23. The fourth-order valence-electron chi connectivity index (χ4n) is 5.90. The van der Waals surface area contributed by atoms with Gasteiger partial charge in [-0.05, 0) is 72.7 Å². The van der Waals surface area contributed by atoms with E-state index < -0.39 is 0 Å². The van der Waals surface area contributed by atoms with Gasteiger partial charge in [-0.25, -0.2) is 0 Å². The van der Waals surface area contributed by atoms with E-state index in [4.69, 9.17) is 5.73 Å². The number of anilines is 1. The maximum atomic E-state index is 12.7. The van der Waals surface area contributed by atoms with Crippen molar-refractivity contribution in [1.29, 1.82) is 0 Å². The van der Waals surface area contributed by atoms with Crippen molar-refractivity contribution >= 4 is 63.4 Å². The summed E-state index contributed by atoms with van der Waals surface area (Å²) < 4.78 is 0. The molecule has 0 spiro atoms. The Labute approximate surface area is 301 Å². The quantitative estimate of drug-likeness (QED) is 0.109. The van der Waals surface area contributed by atoms with Gasteiger partial charge in [0.2, 0.25) is 0 Å². The van der Waals surface area contributed by atoms with Crippen LogP contribution in [0.2, 0.25) is 0 Å². The smallest absolute Gasteiger partial charge is 0.193 e. The van der Waals surface area contributed by atoms with E-state index in [9.17, 15) is 9.59 Å². The van der Waals surface area contributed by atoms with E-state index in [1.807, 2.05) is 153 Å². The number of nitrogens with two attached hydrogens (primary N) is 1. The number of ketones is 2. The molecule has 52 heavy (non-hydrogen) atoms. The molecule has 0 unspecified atom stereocenters. The van der Waals surface area contributed by atoms with Gasteiger partial charge in [0.05, 0.1) is 22.4 Å². The van der Waals surface area contributed by atoms with Gasteiger partial charge < -0.3 is 5.73 Å². The third-order valence-corrected chi connectivity index (χ3v) is 8.60. The number of carbonyl (C=O) groups excluding carboxylic acids is 2. The molecule has 0 aliphatic rings. The van der Waals surface area contributed by atoms with Gasteiger partial charge in [0.15, 0.2) is 11.6 Å². The van der Waals surface area contributed by atoms with Crippen LogP contribution < -0.4 is 5.73 Å². The minimum absolute atomic E-state index is 0.0200. The Morgan fingerprint density at radius 1 is 0.500 bits per heavy atom. The molecule has 0 radical (unpaired) electrons. The Morgan fingerprint density at radius 3 is 1.44 bits per heavy atom. The maximum Gasteiger partial charge on any atom is 0.193 e. The van der Waals surface area contributed by atoms with Crippen LogP contribution in [0.1, 0.15) is 59.9 Å². The van der Waals surface area contributed by atoms with Crippen molar-refractivity contribution in [2.24, 2.45) is 0 Å². The number of rotatable bonds is 8. The van der Waals surface area contributed by atoms with Gasteiger partial charge in [0.25, 0.3) is 0 Å². The monoisotopic (exact) mass is 677 g/mol. The van der Waals surface area contributed by atoms with E-state index in [2.05, 4.69) is 20.4 Å². The zero-order valence-corrected chi connectivity index (χ0v) is 28.5. The molecule has 0 atom stereocenters. The standard InChI is InChI=1S/C23H18N2O.C22H17N3O/c1-16-6-5-9-18(14-16)23(26)19-11-12-20-21(24-25-22(20)15-19)13-10-17-7-3-2-4-8-17;23-18-8-4-7-16(13-18)22(26)17-10-11-19-20(24-25-21(19)14-17)12-9-15-5-2-1-3-6-15/h2-15H,1H3,(H,24,25);1-14H,23H2,(H,24,25)/b13-10+;12-9+. The van der Waals surface area contributed by atoms with Crippen LogP contribution in [0.15, 0.2) is 146 Å². The number of benzene rings is 6. The van der Waals surface area contributed by atoms with Crippen LogP contribution in [0, 0.1) is 6.92 Å². The molecule has 2 aromatic heterocycles. The number of nitrogen functional groups attached to an aromatic ring is 1. The summed E-state index contributed by atoms with van der Waals surface area (Å²) in [6.07, 6.45) is 7.99. The number of aromatic amines is 2. The summed E-state index contributed by atoms with van der Waals surface area (Å²) in [4.78, 5) is 25.4. The number of hydrogen-bond donors (Lipinski definition) is 3. The van der Waals surface area contributed by atoms with Gasteiger partial charge in [0, 0.05) is 38.7 Å². The highest BCUT2D eigenvalue weighted by Gasteiger charge is 2.13. The van der Waals surface area contributed by atoms with E-state index in [-0.39, 0.29) is 11.6 Å². The van der Waals surface area contributed by atoms with E-state index in [1.54, 1.807) is 24.3 Å². The van der Waals surface area contributed by atoms with E-state index in [0.717, 1.165) is 49.9 Å². The van der Waals surface area contributed by atoms with Crippen molar-refractivity contribution in [1.82, 2.24) is 20.4 Å². The average molecular weight is 678 g/mol. The van der Waals surface area contributed by atoms with Crippen LogP contribution in [-0.4, -0.2) is 32.0 Å². The number of aryl methyl sites for hydroxylation is 1. The number of H-pyrrole nitrogens is 2. The fourth-order valence-corrected chi connectivity index (χ4v) is 5.90. The minimum Gasteiger partial charge on any atom is -0.399 e. The zero-order chi connectivity index (χ0) is 35.9. The lowest BCUT2D eigenvalue weighted by Gasteiger charge is -2.03. The van der Waals surface area contributed by atoms with Crippen molar-refractivity contribution in [2.45, 2.75) is 6.92 Å². The lowest BCUT2D eigenvalue weighted by molar-refractivity contribution is 0.103. The van der Waals surface area contributed by atoms with Gasteiger partial charge in [-0.3, -0.25) is 19.8 Å². The average Bonchev–Trinajstić information content (AvgIpc) is 3.79. The summed E-state index contributed by atoms with van der Waals surface area (Å²) in [6.45, 7) is 1.99. The van der Waals surface area contributed by atoms with Crippen LogP contribution in [0.3, 0.4) is 0 Å². The van der Waals surface area contributed by atoms with Crippen LogP contribution >= 0.6 is 0 Å². The Morgan fingerprint density at radius 2 is 0.962 bits per heavy atom. The number of nitrogens with zero attached hydrogens (tertiary/aromatic N) is 2. The molecule has 8 aromatic rings. The van der Waals surface area contributed by atoms with Crippen molar-refractivity contribution in [3.63, 3.8) is 0 Å². The first-order valence-electron chi connectivity index (χ1n) is 16.9. The predicted molar refractivity (Wildman–Crippen MR) is 212 cm³/mol. The second kappa shape index (κ2) is 15.2. The molecular weight excluding hydrogens is 643 g/mol. The Kier molecular flexibility index (Phi) is 9.75. The first kappa shape index (κ1) is 33.4. The van der Waals surface area contributed by atoms with Gasteiger partial charge in [-0.15, -0.1) is 0 Å². The van der Waals surface area contributed by atoms with E-state index in [0.29, 0.717) is 27.9 Å². The number of carbonyl (C=O) groups is 2. The molecule has 6 aromatic carbocycles. The van der Waals surface area contributed by atoms with Crippen molar-refractivity contribution in [3.05, 3.63) is 196 Å². The SMILES string of the molecule is Cc1cccc(C(=O)c2ccc3c(/C=C/c4ccccc4)n[nH]c3c2)c1.Nc1cccc(C(=O)c2ccc3c(/C=C/c4ccccc4)n[nH]c3c2)c1. The molecule has 4 N–H and O–H groups in total. The van der Waals surface area contributed by atoms with Crippen LogP contribution in [0.25, 0.3) is 46.1 Å². The van der Waals surface area contributed by atoms with Crippen LogP contribution in [0.5, 0.6) is 0 Å². The second-order valence-electron chi connectivity index (χ2n) is 12.4. The fraction of sp³-hybridized carbons (Fsp3) is 0.0222. The van der Waals surface area contributed by atoms with Crippen LogP contribution in [0.4, 0.5) is 5.69 Å². The molecule has 8 rings (SSSR count). The highest BCUT2D eigenvalue weighted by atomic mass is 16.1. The summed E-state index contributed by atoms with van der Waals surface area (Å²) >= 11 is 0. The van der Waals surface area contributed by atoms with Crippen molar-refractivity contribution in [3.8, 4) is 0 Å². The first-order valence-corrected chi connectivity index (χ1v) is 16.9. The third-order valence-electron chi connectivity index (χ3n) is 8.60. The molecule has 7 heteroatoms. The molecule has 7 nitrogen and oxygen atoms in total. The largest absolute Gasteiger partial charge is 0.399 e. The summed E-state index contributed by atoms with van der Waals surface area (Å²) in [5.74, 6) is -0.0400. The highest BCUT2D eigenvalue weighted by molar-refractivity contribution is 6.12. The summed E-state index contributed by atoms with van der Waals surface area (Å²) in [5, 5.41) is 16.7. The van der Waals surface area contributed by atoms with Gasteiger partial charge >= 0.3 is 0 Å². The van der Waals surface area contributed by atoms with Gasteiger partial charge in [-0.1, -0.05) is 121 Å². The topological polar surface area (TPSA) is 118 Å². The molecule has 0 amide bonds. The maximum absolute atomic E-state index is 12.7. The third kappa shape index (κ3) is 7.69. The Balaban J connectivity index is 0.000000162. The van der Waals surface area contributed by atoms with Gasteiger partial charge in [0.1, 0.15) is 0 Å². The van der Waals surface area contributed by atoms with Crippen molar-refractivity contribution < 1.29 is 9.59 Å². The predicted octanol–water partition coefficient (Wildman–Crippen LogP) is 9.82. The van der Waals surface area contributed by atoms with Gasteiger partial charge in [-0.2, -0.15) is 10.2 Å².